The SMILES string of the molecule is N#Cc1ccc(-c2ccccc2-c2cccc(-n3c4ccccc4c4ccccc43)c2C#N)c(-n2c3ccccc3c3cc(C#N)ccc32)c1. The molecule has 0 N–H and O–H groups in total. The van der Waals surface area contributed by atoms with Gasteiger partial charge < -0.3 is 9.13 Å². The van der Waals surface area contributed by atoms with Gasteiger partial charge in [-0.15, -0.1) is 0 Å². The van der Waals surface area contributed by atoms with E-state index in [0.29, 0.717) is 16.7 Å². The molecule has 7 aromatic carbocycles. The summed E-state index contributed by atoms with van der Waals surface area (Å²) in [5.41, 5.74) is 10.9. The highest BCUT2D eigenvalue weighted by Crippen LogP contribution is 2.42. The standard InChI is InChI=1S/C45H25N5/c46-26-29-21-23-44-38(24-29)36-14-5-8-18-42(36)50(44)45-25-30(27-47)20-22-37(45)32-11-2-1-10-31(32)33-15-9-19-43(39(33)28-48)49-40-16-6-3-12-34(40)35-13-4-7-17-41(35)49/h1-25H. The van der Waals surface area contributed by atoms with Crippen LogP contribution in [0.15, 0.2) is 152 Å². The van der Waals surface area contributed by atoms with Crippen molar-refractivity contribution >= 4 is 43.6 Å². The van der Waals surface area contributed by atoms with E-state index in [1.807, 2.05) is 103 Å². The van der Waals surface area contributed by atoms with Gasteiger partial charge in [0.25, 0.3) is 0 Å². The van der Waals surface area contributed by atoms with Crippen molar-refractivity contribution in [3.8, 4) is 51.8 Å². The van der Waals surface area contributed by atoms with Gasteiger partial charge in [-0.2, -0.15) is 15.8 Å². The van der Waals surface area contributed by atoms with Crippen LogP contribution in [0.4, 0.5) is 0 Å². The topological polar surface area (TPSA) is 81.2 Å². The maximum atomic E-state index is 10.9. The van der Waals surface area contributed by atoms with Crippen molar-refractivity contribution in [1.82, 2.24) is 9.13 Å². The van der Waals surface area contributed by atoms with Gasteiger partial charge in [-0.25, -0.2) is 0 Å². The summed E-state index contributed by atoms with van der Waals surface area (Å²) in [7, 11) is 0. The molecule has 0 saturated heterocycles. The van der Waals surface area contributed by atoms with Gasteiger partial charge in [0.2, 0.25) is 0 Å². The van der Waals surface area contributed by atoms with Crippen molar-refractivity contribution in [1.29, 1.82) is 15.8 Å². The number of nitriles is 3. The Labute approximate surface area is 287 Å². The molecule has 5 nitrogen and oxygen atoms in total. The van der Waals surface area contributed by atoms with Crippen molar-refractivity contribution in [2.24, 2.45) is 0 Å². The second-order valence-electron chi connectivity index (χ2n) is 12.3. The second-order valence-corrected chi connectivity index (χ2v) is 12.3. The molecule has 0 unspecified atom stereocenters. The molecule has 50 heavy (non-hydrogen) atoms. The summed E-state index contributed by atoms with van der Waals surface area (Å²) in [5.74, 6) is 0. The zero-order valence-corrected chi connectivity index (χ0v) is 26.7. The van der Waals surface area contributed by atoms with Gasteiger partial charge in [0.05, 0.1) is 62.3 Å². The van der Waals surface area contributed by atoms with Crippen LogP contribution in [0.2, 0.25) is 0 Å². The lowest BCUT2D eigenvalue weighted by molar-refractivity contribution is 1.17. The average Bonchev–Trinajstić information content (AvgIpc) is 3.69. The Morgan fingerprint density at radius 1 is 0.340 bits per heavy atom. The van der Waals surface area contributed by atoms with E-state index in [9.17, 15) is 15.8 Å². The predicted octanol–water partition coefficient (Wildman–Crippen LogP) is 10.8. The second kappa shape index (κ2) is 11.4. The van der Waals surface area contributed by atoms with Crippen LogP contribution < -0.4 is 0 Å². The van der Waals surface area contributed by atoms with Crippen molar-refractivity contribution in [2.75, 3.05) is 0 Å². The Morgan fingerprint density at radius 3 is 1.44 bits per heavy atom. The molecule has 0 amide bonds. The highest BCUT2D eigenvalue weighted by atomic mass is 15.0. The molecule has 0 radical (unpaired) electrons. The Bertz CT molecular complexity index is 2920. The van der Waals surface area contributed by atoms with Crippen LogP contribution in [0.1, 0.15) is 16.7 Å². The highest BCUT2D eigenvalue weighted by Gasteiger charge is 2.22. The molecular weight excluding hydrogens is 611 g/mol. The number of fused-ring (bicyclic) bond motifs is 6. The number of aromatic nitrogens is 2. The molecule has 0 aliphatic heterocycles. The van der Waals surface area contributed by atoms with E-state index in [4.69, 9.17) is 0 Å². The summed E-state index contributed by atoms with van der Waals surface area (Å²) >= 11 is 0. The maximum Gasteiger partial charge on any atom is 0.102 e. The lowest BCUT2D eigenvalue weighted by atomic mass is 9.90. The first-order valence-electron chi connectivity index (χ1n) is 16.3. The Hall–Kier alpha value is -7.39. The zero-order chi connectivity index (χ0) is 33.8. The summed E-state index contributed by atoms with van der Waals surface area (Å²) in [5, 5.41) is 34.9. The minimum atomic E-state index is 0.534. The van der Waals surface area contributed by atoms with Gasteiger partial charge in [-0.1, -0.05) is 97.1 Å². The van der Waals surface area contributed by atoms with Crippen LogP contribution in [-0.4, -0.2) is 9.13 Å². The Morgan fingerprint density at radius 2 is 0.820 bits per heavy atom. The highest BCUT2D eigenvalue weighted by molar-refractivity contribution is 6.11. The number of hydrogen-bond acceptors (Lipinski definition) is 3. The molecule has 0 saturated carbocycles. The van der Waals surface area contributed by atoms with E-state index in [-0.39, 0.29) is 0 Å². The fourth-order valence-corrected chi connectivity index (χ4v) is 7.52. The predicted molar refractivity (Wildman–Crippen MR) is 200 cm³/mol. The van der Waals surface area contributed by atoms with Crippen LogP contribution in [0.3, 0.4) is 0 Å². The van der Waals surface area contributed by atoms with Gasteiger partial charge in [0.15, 0.2) is 0 Å². The molecule has 0 atom stereocenters. The van der Waals surface area contributed by atoms with E-state index in [2.05, 4.69) is 75.9 Å². The minimum Gasteiger partial charge on any atom is -0.309 e. The lowest BCUT2D eigenvalue weighted by Gasteiger charge is -2.19. The molecule has 2 aromatic heterocycles. The van der Waals surface area contributed by atoms with Crippen molar-refractivity contribution in [3.63, 3.8) is 0 Å². The quantitative estimate of drug-likeness (QED) is 0.193. The molecule has 0 aliphatic carbocycles. The normalized spacial score (nSPS) is 11.1. The van der Waals surface area contributed by atoms with Crippen LogP contribution in [0.5, 0.6) is 0 Å². The third-order valence-corrected chi connectivity index (χ3v) is 9.65. The van der Waals surface area contributed by atoms with Gasteiger partial charge in [-0.3, -0.25) is 0 Å². The molecule has 5 heteroatoms. The zero-order valence-electron chi connectivity index (χ0n) is 26.7. The first kappa shape index (κ1) is 28.8. The van der Waals surface area contributed by atoms with Crippen LogP contribution in [-0.2, 0) is 0 Å². The molecule has 2 heterocycles. The number of nitrogens with zero attached hydrogens (tertiary/aromatic N) is 5. The Kier molecular flexibility index (Phi) is 6.56. The minimum absolute atomic E-state index is 0.534. The number of para-hydroxylation sites is 3. The van der Waals surface area contributed by atoms with Crippen LogP contribution in [0.25, 0.3) is 77.2 Å². The molecule has 9 aromatic rings. The van der Waals surface area contributed by atoms with E-state index >= 15 is 0 Å². The van der Waals surface area contributed by atoms with E-state index in [1.54, 1.807) is 0 Å². The average molecular weight is 636 g/mol. The number of benzene rings is 7. The summed E-state index contributed by atoms with van der Waals surface area (Å²) < 4.78 is 4.37. The van der Waals surface area contributed by atoms with E-state index in [0.717, 1.165) is 77.2 Å². The summed E-state index contributed by atoms with van der Waals surface area (Å²) in [6, 6.07) is 57.7. The molecule has 0 fully saturated rings. The lowest BCUT2D eigenvalue weighted by Crippen LogP contribution is -2.01. The smallest absolute Gasteiger partial charge is 0.102 e. The monoisotopic (exact) mass is 635 g/mol. The Balaban J connectivity index is 1.32. The fourth-order valence-electron chi connectivity index (χ4n) is 7.52. The molecule has 0 aliphatic rings. The summed E-state index contributed by atoms with van der Waals surface area (Å²) in [6.45, 7) is 0. The van der Waals surface area contributed by atoms with E-state index < -0.39 is 0 Å². The van der Waals surface area contributed by atoms with Crippen molar-refractivity contribution in [2.45, 2.75) is 0 Å². The van der Waals surface area contributed by atoms with E-state index in [1.165, 1.54) is 0 Å². The largest absolute Gasteiger partial charge is 0.309 e. The van der Waals surface area contributed by atoms with Crippen molar-refractivity contribution in [3.05, 3.63) is 168 Å². The summed E-state index contributed by atoms with van der Waals surface area (Å²) in [6.07, 6.45) is 0. The molecule has 230 valence electrons. The van der Waals surface area contributed by atoms with Crippen molar-refractivity contribution < 1.29 is 0 Å². The number of hydrogen-bond donors (Lipinski definition) is 0. The molecule has 9 rings (SSSR count). The van der Waals surface area contributed by atoms with Crippen LogP contribution in [0, 0.1) is 34.0 Å². The third-order valence-electron chi connectivity index (χ3n) is 9.65. The molecule has 0 bridgehead atoms. The third kappa shape index (κ3) is 4.24. The van der Waals surface area contributed by atoms with Gasteiger partial charge >= 0.3 is 0 Å². The first-order chi connectivity index (χ1) is 24.7. The summed E-state index contributed by atoms with van der Waals surface area (Å²) in [4.78, 5) is 0. The molecular formula is C45H25N5. The molecule has 0 spiro atoms. The fraction of sp³-hybridized carbons (Fsp3) is 0. The maximum absolute atomic E-state index is 10.9. The van der Waals surface area contributed by atoms with Gasteiger partial charge in [-0.05, 0) is 65.7 Å². The van der Waals surface area contributed by atoms with Crippen LogP contribution >= 0.6 is 0 Å². The van der Waals surface area contributed by atoms with Gasteiger partial charge in [0.1, 0.15) is 6.07 Å². The first-order valence-corrected chi connectivity index (χ1v) is 16.3. The number of rotatable bonds is 4. The van der Waals surface area contributed by atoms with Gasteiger partial charge in [0, 0.05) is 32.7 Å².